The van der Waals surface area contributed by atoms with Gasteiger partial charge >= 0.3 is 5.97 Å². The van der Waals surface area contributed by atoms with Crippen LogP contribution < -0.4 is 10.5 Å². The van der Waals surface area contributed by atoms with Crippen molar-refractivity contribution in [2.45, 2.75) is 38.7 Å². The number of ether oxygens (including phenoxy) is 1. The van der Waals surface area contributed by atoms with Crippen LogP contribution in [0.25, 0.3) is 0 Å². The fraction of sp³-hybridized carbons (Fsp3) is 0.263. The van der Waals surface area contributed by atoms with Crippen molar-refractivity contribution in [1.82, 2.24) is 0 Å². The van der Waals surface area contributed by atoms with Crippen molar-refractivity contribution in [2.75, 3.05) is 5.32 Å². The lowest BCUT2D eigenvalue weighted by Crippen LogP contribution is -2.30. The lowest BCUT2D eigenvalue weighted by Gasteiger charge is -2.17. The topological polar surface area (TPSA) is 116 Å². The highest BCUT2D eigenvalue weighted by molar-refractivity contribution is 7.89. The van der Waals surface area contributed by atoms with E-state index in [1.165, 1.54) is 19.1 Å². The van der Waals surface area contributed by atoms with Crippen LogP contribution in [0.2, 0.25) is 5.02 Å². The van der Waals surface area contributed by atoms with Crippen LogP contribution in [0.1, 0.15) is 34.0 Å². The standard InChI is InChI=1S/C19H21ClN2O5S/c1-10-7-11(2)17(12(3)8-10)22-18(23)13(4)27-19(24)15-9-14(28(21,25)26)5-6-16(15)20/h5-9,13H,1-4H3,(H,22,23)(H2,21,25,26). The molecule has 0 fully saturated rings. The van der Waals surface area contributed by atoms with Crippen molar-refractivity contribution in [3.05, 3.63) is 57.6 Å². The van der Waals surface area contributed by atoms with Gasteiger partial charge in [-0.05, 0) is 57.0 Å². The first-order chi connectivity index (χ1) is 12.9. The van der Waals surface area contributed by atoms with Crippen LogP contribution in [-0.4, -0.2) is 26.4 Å². The zero-order valence-corrected chi connectivity index (χ0v) is 17.4. The molecular formula is C19H21ClN2O5S. The second-order valence-corrected chi connectivity index (χ2v) is 8.47. The highest BCUT2D eigenvalue weighted by Gasteiger charge is 2.23. The third-order valence-electron chi connectivity index (χ3n) is 4.06. The predicted octanol–water partition coefficient (Wildman–Crippen LogP) is 3.10. The number of sulfonamides is 1. The van der Waals surface area contributed by atoms with E-state index in [4.69, 9.17) is 21.5 Å². The molecule has 1 unspecified atom stereocenters. The van der Waals surface area contributed by atoms with Gasteiger partial charge in [-0.25, -0.2) is 18.4 Å². The van der Waals surface area contributed by atoms with Crippen molar-refractivity contribution in [2.24, 2.45) is 5.14 Å². The summed E-state index contributed by atoms with van der Waals surface area (Å²) in [6.45, 7) is 7.09. The third kappa shape index (κ3) is 5.09. The number of hydrogen-bond donors (Lipinski definition) is 2. The van der Waals surface area contributed by atoms with E-state index in [1.54, 1.807) is 0 Å². The highest BCUT2D eigenvalue weighted by Crippen LogP contribution is 2.23. The number of nitrogens with one attached hydrogen (secondary N) is 1. The summed E-state index contributed by atoms with van der Waals surface area (Å²) in [5.41, 5.74) is 3.28. The van der Waals surface area contributed by atoms with Gasteiger partial charge < -0.3 is 10.1 Å². The van der Waals surface area contributed by atoms with Crippen molar-refractivity contribution in [1.29, 1.82) is 0 Å². The summed E-state index contributed by atoms with van der Waals surface area (Å²) in [6.07, 6.45) is -1.14. The molecule has 0 aliphatic rings. The molecule has 0 heterocycles. The van der Waals surface area contributed by atoms with Crippen LogP contribution in [0.4, 0.5) is 5.69 Å². The lowest BCUT2D eigenvalue weighted by atomic mass is 10.0. The van der Waals surface area contributed by atoms with Gasteiger partial charge in [0.25, 0.3) is 5.91 Å². The smallest absolute Gasteiger partial charge is 0.340 e. The van der Waals surface area contributed by atoms with Crippen molar-refractivity contribution in [3.8, 4) is 0 Å². The summed E-state index contributed by atoms with van der Waals surface area (Å²) < 4.78 is 28.1. The fourth-order valence-electron chi connectivity index (χ4n) is 2.72. The van der Waals surface area contributed by atoms with Gasteiger partial charge in [-0.2, -0.15) is 0 Å². The zero-order chi connectivity index (χ0) is 21.2. The molecule has 0 saturated heterocycles. The van der Waals surface area contributed by atoms with Crippen LogP contribution in [0.5, 0.6) is 0 Å². The molecular weight excluding hydrogens is 404 g/mol. The van der Waals surface area contributed by atoms with Gasteiger partial charge in [0.2, 0.25) is 10.0 Å². The SMILES string of the molecule is Cc1cc(C)c(NC(=O)C(C)OC(=O)c2cc(S(N)(=O)=O)ccc2Cl)c(C)c1. The fourth-order valence-corrected chi connectivity index (χ4v) is 3.45. The number of halogens is 1. The Labute approximate surface area is 168 Å². The van der Waals surface area contributed by atoms with Crippen LogP contribution >= 0.6 is 11.6 Å². The number of primary sulfonamides is 1. The highest BCUT2D eigenvalue weighted by atomic mass is 35.5. The Hall–Kier alpha value is -2.42. The summed E-state index contributed by atoms with van der Waals surface area (Å²) in [6, 6.07) is 7.27. The normalized spacial score (nSPS) is 12.4. The molecule has 2 aromatic carbocycles. The molecule has 2 rings (SSSR count). The number of nitrogens with two attached hydrogens (primary N) is 1. The van der Waals surface area contributed by atoms with E-state index in [-0.39, 0.29) is 15.5 Å². The van der Waals surface area contributed by atoms with Gasteiger partial charge in [0.15, 0.2) is 6.10 Å². The zero-order valence-electron chi connectivity index (χ0n) is 15.9. The Kier molecular flexibility index (Phi) is 6.48. The number of benzene rings is 2. The van der Waals surface area contributed by atoms with Crippen LogP contribution in [-0.2, 0) is 19.6 Å². The van der Waals surface area contributed by atoms with E-state index in [2.05, 4.69) is 5.32 Å². The summed E-state index contributed by atoms with van der Waals surface area (Å²) in [7, 11) is -4.02. The average Bonchev–Trinajstić information content (AvgIpc) is 2.56. The maximum Gasteiger partial charge on any atom is 0.340 e. The third-order valence-corrected chi connectivity index (χ3v) is 5.31. The van der Waals surface area contributed by atoms with E-state index in [0.717, 1.165) is 22.8 Å². The molecule has 0 bridgehead atoms. The Morgan fingerprint density at radius 1 is 1.11 bits per heavy atom. The summed E-state index contributed by atoms with van der Waals surface area (Å²) in [5, 5.41) is 7.79. The Morgan fingerprint density at radius 2 is 1.68 bits per heavy atom. The molecule has 28 heavy (non-hydrogen) atoms. The monoisotopic (exact) mass is 424 g/mol. The minimum absolute atomic E-state index is 0.0183. The van der Waals surface area contributed by atoms with Crippen LogP contribution in [0, 0.1) is 20.8 Å². The van der Waals surface area contributed by atoms with Gasteiger partial charge in [0.1, 0.15) is 0 Å². The molecule has 0 radical (unpaired) electrons. The summed E-state index contributed by atoms with van der Waals surface area (Å²) >= 11 is 5.95. The molecule has 0 saturated carbocycles. The van der Waals surface area contributed by atoms with Crippen LogP contribution in [0.3, 0.4) is 0 Å². The second kappa shape index (κ2) is 8.30. The van der Waals surface area contributed by atoms with E-state index in [0.29, 0.717) is 5.69 Å². The second-order valence-electron chi connectivity index (χ2n) is 6.50. The lowest BCUT2D eigenvalue weighted by molar-refractivity contribution is -0.123. The summed E-state index contributed by atoms with van der Waals surface area (Å²) in [5.74, 6) is -1.46. The number of anilines is 1. The molecule has 1 atom stereocenters. The minimum atomic E-state index is -4.02. The first-order valence-corrected chi connectivity index (χ1v) is 10.2. The van der Waals surface area contributed by atoms with E-state index in [9.17, 15) is 18.0 Å². The largest absolute Gasteiger partial charge is 0.449 e. The maximum absolute atomic E-state index is 12.4. The van der Waals surface area contributed by atoms with Crippen LogP contribution in [0.15, 0.2) is 35.2 Å². The summed E-state index contributed by atoms with van der Waals surface area (Å²) in [4.78, 5) is 24.5. The molecule has 0 aliphatic carbocycles. The molecule has 0 spiro atoms. The van der Waals surface area contributed by atoms with Gasteiger partial charge in [0, 0.05) is 5.69 Å². The first kappa shape index (κ1) is 21.9. The van der Waals surface area contributed by atoms with E-state index in [1.807, 2.05) is 32.9 Å². The number of hydrogen-bond acceptors (Lipinski definition) is 5. The molecule has 1 amide bonds. The number of carbonyl (C=O) groups is 2. The maximum atomic E-state index is 12.4. The quantitative estimate of drug-likeness (QED) is 0.715. The van der Waals surface area contributed by atoms with Gasteiger partial charge in [-0.15, -0.1) is 0 Å². The first-order valence-electron chi connectivity index (χ1n) is 8.32. The molecule has 150 valence electrons. The van der Waals surface area contributed by atoms with Gasteiger partial charge in [-0.3, -0.25) is 4.79 Å². The van der Waals surface area contributed by atoms with Crippen molar-refractivity contribution < 1.29 is 22.7 Å². The number of carbonyl (C=O) groups excluding carboxylic acids is 2. The molecule has 7 nitrogen and oxygen atoms in total. The average molecular weight is 425 g/mol. The molecule has 0 aliphatic heterocycles. The van der Waals surface area contributed by atoms with Crippen molar-refractivity contribution in [3.63, 3.8) is 0 Å². The molecule has 2 aromatic rings. The van der Waals surface area contributed by atoms with Gasteiger partial charge in [-0.1, -0.05) is 29.3 Å². The molecule has 3 N–H and O–H groups in total. The Bertz CT molecular complexity index is 1030. The van der Waals surface area contributed by atoms with Gasteiger partial charge in [0.05, 0.1) is 15.5 Å². The minimum Gasteiger partial charge on any atom is -0.449 e. The molecule has 0 aromatic heterocycles. The number of amides is 1. The van der Waals surface area contributed by atoms with E-state index < -0.39 is 28.0 Å². The van der Waals surface area contributed by atoms with E-state index >= 15 is 0 Å². The molecule has 9 heteroatoms. The number of rotatable bonds is 5. The Morgan fingerprint density at radius 3 is 2.21 bits per heavy atom. The predicted molar refractivity (Wildman–Crippen MR) is 107 cm³/mol. The number of aryl methyl sites for hydroxylation is 3. The number of esters is 1. The van der Waals surface area contributed by atoms with Crippen molar-refractivity contribution >= 4 is 39.2 Å². The Balaban J connectivity index is 2.18.